The predicted molar refractivity (Wildman–Crippen MR) is 60.6 cm³/mol. The molecular weight excluding hydrogens is 204 g/mol. The van der Waals surface area contributed by atoms with Crippen molar-refractivity contribution in [1.82, 2.24) is 20.6 Å². The van der Waals surface area contributed by atoms with E-state index in [0.29, 0.717) is 6.54 Å². The highest BCUT2D eigenvalue weighted by atomic mass is 16.2. The van der Waals surface area contributed by atoms with Gasteiger partial charge in [-0.15, -0.1) is 0 Å². The largest absolute Gasteiger partial charge is 0.338 e. The first kappa shape index (κ1) is 8.96. The molecule has 3 rings (SSSR count). The number of hydrogen-bond acceptors (Lipinski definition) is 2. The Kier molecular flexibility index (Phi) is 1.89. The molecule has 0 fully saturated rings. The summed E-state index contributed by atoms with van der Waals surface area (Å²) in [5.41, 5.74) is 2.86. The molecule has 0 aliphatic carbocycles. The fourth-order valence-corrected chi connectivity index (χ4v) is 1.69. The van der Waals surface area contributed by atoms with Crippen molar-refractivity contribution < 1.29 is 4.79 Å². The normalized spacial score (nSPS) is 15.5. The van der Waals surface area contributed by atoms with Gasteiger partial charge in [-0.05, 0) is 12.1 Å². The van der Waals surface area contributed by atoms with Gasteiger partial charge in [-0.3, -0.25) is 0 Å². The summed E-state index contributed by atoms with van der Waals surface area (Å²) in [7, 11) is 0. The Morgan fingerprint density at radius 2 is 2.12 bits per heavy atom. The second-order valence-electron chi connectivity index (χ2n) is 3.60. The smallest absolute Gasteiger partial charge is 0.319 e. The van der Waals surface area contributed by atoms with E-state index in [1.165, 1.54) is 0 Å². The molecule has 0 unspecified atom stereocenters. The van der Waals surface area contributed by atoms with Gasteiger partial charge in [0.1, 0.15) is 5.82 Å². The second kappa shape index (κ2) is 3.37. The molecule has 0 atom stereocenters. The lowest BCUT2D eigenvalue weighted by Crippen LogP contribution is -2.37. The third-order valence-corrected chi connectivity index (χ3v) is 2.51. The van der Waals surface area contributed by atoms with Gasteiger partial charge < -0.3 is 15.6 Å². The van der Waals surface area contributed by atoms with Crippen LogP contribution in [0.3, 0.4) is 0 Å². The van der Waals surface area contributed by atoms with Crippen LogP contribution in [0.2, 0.25) is 0 Å². The number of nitrogens with one attached hydrogen (secondary N) is 3. The second-order valence-corrected chi connectivity index (χ2v) is 3.60. The molecule has 2 amide bonds. The summed E-state index contributed by atoms with van der Waals surface area (Å²) in [4.78, 5) is 18.6. The first-order chi connectivity index (χ1) is 7.83. The van der Waals surface area contributed by atoms with Crippen molar-refractivity contribution >= 4 is 22.6 Å². The minimum atomic E-state index is -0.181. The van der Waals surface area contributed by atoms with Crippen molar-refractivity contribution in [3.05, 3.63) is 36.3 Å². The number of urea groups is 1. The number of benzene rings is 1. The fourth-order valence-electron chi connectivity index (χ4n) is 1.69. The Morgan fingerprint density at radius 1 is 1.25 bits per heavy atom. The zero-order valence-corrected chi connectivity index (χ0v) is 8.45. The lowest BCUT2D eigenvalue weighted by atomic mass is 10.2. The van der Waals surface area contributed by atoms with E-state index in [1.54, 1.807) is 6.20 Å². The van der Waals surface area contributed by atoms with E-state index < -0.39 is 0 Å². The van der Waals surface area contributed by atoms with Crippen molar-refractivity contribution in [2.45, 2.75) is 0 Å². The van der Waals surface area contributed by atoms with Gasteiger partial charge in [0.15, 0.2) is 0 Å². The molecule has 16 heavy (non-hydrogen) atoms. The molecule has 0 saturated heterocycles. The van der Waals surface area contributed by atoms with Crippen LogP contribution in [0.25, 0.3) is 16.6 Å². The van der Waals surface area contributed by atoms with E-state index in [0.717, 1.165) is 22.4 Å². The number of fused-ring (bicyclic) bond motifs is 1. The number of H-pyrrole nitrogens is 1. The van der Waals surface area contributed by atoms with Crippen LogP contribution in [0.15, 0.2) is 30.5 Å². The molecule has 1 aliphatic heterocycles. The van der Waals surface area contributed by atoms with E-state index in [1.807, 2.05) is 24.3 Å². The van der Waals surface area contributed by atoms with Crippen LogP contribution in [0.4, 0.5) is 4.79 Å². The number of nitrogens with zero attached hydrogens (tertiary/aromatic N) is 1. The maximum atomic E-state index is 10.9. The van der Waals surface area contributed by atoms with Gasteiger partial charge in [-0.25, -0.2) is 9.78 Å². The standard InChI is InChI=1S/C11H10N4O/c16-11-12-5-7(6-13-11)10-14-8-3-1-2-4-9(8)15-10/h1-5H,6H2,(H,14,15)(H2,12,13,16). The Labute approximate surface area is 91.6 Å². The minimum Gasteiger partial charge on any atom is -0.338 e. The molecule has 5 nitrogen and oxygen atoms in total. The Morgan fingerprint density at radius 3 is 2.88 bits per heavy atom. The number of rotatable bonds is 1. The average Bonchev–Trinajstić information content (AvgIpc) is 2.73. The van der Waals surface area contributed by atoms with E-state index in [2.05, 4.69) is 20.6 Å². The van der Waals surface area contributed by atoms with Crippen molar-refractivity contribution in [1.29, 1.82) is 0 Å². The summed E-state index contributed by atoms with van der Waals surface area (Å²) < 4.78 is 0. The van der Waals surface area contributed by atoms with E-state index >= 15 is 0 Å². The Bertz CT molecular complexity index is 551. The zero-order chi connectivity index (χ0) is 11.0. The van der Waals surface area contributed by atoms with Crippen LogP contribution in [0.5, 0.6) is 0 Å². The highest BCUT2D eigenvalue weighted by molar-refractivity contribution is 5.84. The summed E-state index contributed by atoms with van der Waals surface area (Å²) in [6.07, 6.45) is 1.68. The summed E-state index contributed by atoms with van der Waals surface area (Å²) in [6, 6.07) is 7.65. The maximum absolute atomic E-state index is 10.9. The van der Waals surface area contributed by atoms with Gasteiger partial charge in [0.05, 0.1) is 11.0 Å². The third-order valence-electron chi connectivity index (χ3n) is 2.51. The number of imidazole rings is 1. The van der Waals surface area contributed by atoms with Gasteiger partial charge in [0.2, 0.25) is 0 Å². The molecule has 1 aliphatic rings. The van der Waals surface area contributed by atoms with Crippen LogP contribution < -0.4 is 10.6 Å². The van der Waals surface area contributed by atoms with Crippen LogP contribution in [-0.4, -0.2) is 22.5 Å². The molecule has 0 bridgehead atoms. The summed E-state index contributed by atoms with van der Waals surface area (Å²) in [5.74, 6) is 0.786. The van der Waals surface area contributed by atoms with Gasteiger partial charge in [-0.2, -0.15) is 0 Å². The van der Waals surface area contributed by atoms with Crippen molar-refractivity contribution in [3.8, 4) is 0 Å². The first-order valence-corrected chi connectivity index (χ1v) is 5.01. The molecule has 0 saturated carbocycles. The lowest BCUT2D eigenvalue weighted by molar-refractivity contribution is 0.244. The molecule has 5 heteroatoms. The fraction of sp³-hybridized carbons (Fsp3) is 0.0909. The van der Waals surface area contributed by atoms with Gasteiger partial charge in [0, 0.05) is 18.3 Å². The first-order valence-electron chi connectivity index (χ1n) is 5.01. The number of carbonyl (C=O) groups excluding carboxylic acids is 1. The molecule has 0 spiro atoms. The molecule has 2 heterocycles. The summed E-state index contributed by atoms with van der Waals surface area (Å²) in [6.45, 7) is 0.492. The average molecular weight is 214 g/mol. The van der Waals surface area contributed by atoms with Crippen molar-refractivity contribution in [2.24, 2.45) is 0 Å². The van der Waals surface area contributed by atoms with Crippen molar-refractivity contribution in [2.75, 3.05) is 6.54 Å². The quantitative estimate of drug-likeness (QED) is 0.668. The Hall–Kier alpha value is -2.30. The number of para-hydroxylation sites is 2. The molecule has 0 radical (unpaired) electrons. The van der Waals surface area contributed by atoms with Crippen LogP contribution in [0.1, 0.15) is 5.82 Å². The van der Waals surface area contributed by atoms with Crippen LogP contribution in [0, 0.1) is 0 Å². The van der Waals surface area contributed by atoms with Crippen molar-refractivity contribution in [3.63, 3.8) is 0 Å². The topological polar surface area (TPSA) is 69.8 Å². The zero-order valence-electron chi connectivity index (χ0n) is 8.45. The molecule has 2 aromatic rings. The molecular formula is C11H10N4O. The minimum absolute atomic E-state index is 0.181. The van der Waals surface area contributed by atoms with E-state index in [4.69, 9.17) is 0 Å². The van der Waals surface area contributed by atoms with Gasteiger partial charge >= 0.3 is 6.03 Å². The van der Waals surface area contributed by atoms with Gasteiger partial charge in [0.25, 0.3) is 0 Å². The van der Waals surface area contributed by atoms with Gasteiger partial charge in [-0.1, -0.05) is 12.1 Å². The van der Waals surface area contributed by atoms with E-state index in [9.17, 15) is 4.79 Å². The molecule has 80 valence electrons. The van der Waals surface area contributed by atoms with Crippen LogP contribution >= 0.6 is 0 Å². The number of carbonyl (C=O) groups is 1. The molecule has 1 aromatic carbocycles. The number of aromatic amines is 1. The Balaban J connectivity index is 2.03. The molecule has 1 aromatic heterocycles. The predicted octanol–water partition coefficient (Wildman–Crippen LogP) is 1.22. The lowest BCUT2D eigenvalue weighted by Gasteiger charge is -2.12. The maximum Gasteiger partial charge on any atom is 0.319 e. The summed E-state index contributed by atoms with van der Waals surface area (Å²) in [5, 5.41) is 5.30. The monoisotopic (exact) mass is 214 g/mol. The highest BCUT2D eigenvalue weighted by Gasteiger charge is 2.13. The SMILES string of the molecule is O=C1NC=C(c2nc3ccccc3[nH]2)CN1. The van der Waals surface area contributed by atoms with E-state index in [-0.39, 0.29) is 6.03 Å². The third kappa shape index (κ3) is 1.42. The highest BCUT2D eigenvalue weighted by Crippen LogP contribution is 2.16. The summed E-state index contributed by atoms with van der Waals surface area (Å²) >= 11 is 0. The molecule has 3 N–H and O–H groups in total. The number of aromatic nitrogens is 2. The number of amides is 2. The number of hydrogen-bond donors (Lipinski definition) is 3. The van der Waals surface area contributed by atoms with Crippen LogP contribution in [-0.2, 0) is 0 Å².